The number of halogens is 1. The van der Waals surface area contributed by atoms with Crippen molar-refractivity contribution >= 4 is 15.9 Å². The maximum atomic E-state index is 6.13. The summed E-state index contributed by atoms with van der Waals surface area (Å²) in [7, 11) is 0. The molecular weight excluding hydrogens is 272 g/mol. The molecule has 4 rings (SSSR count). The van der Waals surface area contributed by atoms with Crippen molar-refractivity contribution in [3.05, 3.63) is 0 Å². The summed E-state index contributed by atoms with van der Waals surface area (Å²) < 4.78 is 17.9. The fourth-order valence-corrected chi connectivity index (χ4v) is 4.15. The van der Waals surface area contributed by atoms with Gasteiger partial charge in [-0.2, -0.15) is 0 Å². The quantitative estimate of drug-likeness (QED) is 0.505. The molecule has 4 fully saturated rings. The van der Waals surface area contributed by atoms with E-state index < -0.39 is 0 Å². The van der Waals surface area contributed by atoms with Gasteiger partial charge in [0.25, 0.3) is 0 Å². The van der Waals surface area contributed by atoms with Crippen LogP contribution in [0.2, 0.25) is 0 Å². The maximum absolute atomic E-state index is 6.13. The Bertz CT molecular complexity index is 298. The van der Waals surface area contributed by atoms with Crippen LogP contribution in [0.3, 0.4) is 0 Å². The summed E-state index contributed by atoms with van der Waals surface area (Å²) in [6.45, 7) is 0. The van der Waals surface area contributed by atoms with Crippen molar-refractivity contribution in [1.82, 2.24) is 0 Å². The predicted octanol–water partition coefficient (Wildman–Crippen LogP) is 2.02. The van der Waals surface area contributed by atoms with E-state index in [1.54, 1.807) is 0 Å². The van der Waals surface area contributed by atoms with Crippen LogP contribution >= 0.6 is 15.9 Å². The van der Waals surface area contributed by atoms with E-state index >= 15 is 0 Å². The molecule has 0 amide bonds. The zero-order valence-electron chi connectivity index (χ0n) is 9.18. The van der Waals surface area contributed by atoms with Gasteiger partial charge in [0.1, 0.15) is 0 Å². The predicted molar refractivity (Wildman–Crippen MR) is 61.8 cm³/mol. The first-order valence-corrected chi connectivity index (χ1v) is 7.31. The van der Waals surface area contributed by atoms with Crippen LogP contribution in [0.25, 0.3) is 0 Å². The van der Waals surface area contributed by atoms with Gasteiger partial charge in [0.2, 0.25) is 0 Å². The minimum absolute atomic E-state index is 0.315. The van der Waals surface area contributed by atoms with Gasteiger partial charge in [-0.25, -0.2) is 0 Å². The summed E-state index contributed by atoms with van der Waals surface area (Å²) in [6, 6.07) is 0. The van der Waals surface area contributed by atoms with Crippen LogP contribution < -0.4 is 0 Å². The molecule has 3 nitrogen and oxygen atoms in total. The van der Waals surface area contributed by atoms with Crippen LogP contribution in [0.15, 0.2) is 0 Å². The van der Waals surface area contributed by atoms with Crippen LogP contribution in [0, 0.1) is 0 Å². The van der Waals surface area contributed by atoms with Crippen molar-refractivity contribution in [2.24, 2.45) is 0 Å². The molecule has 0 spiro atoms. The van der Waals surface area contributed by atoms with Crippen LogP contribution in [0.1, 0.15) is 32.1 Å². The van der Waals surface area contributed by atoms with E-state index in [0.29, 0.717) is 41.5 Å². The summed E-state index contributed by atoms with van der Waals surface area (Å²) in [5, 5.41) is 0. The van der Waals surface area contributed by atoms with Gasteiger partial charge in [0, 0.05) is 17.7 Å². The van der Waals surface area contributed by atoms with Gasteiger partial charge in [-0.05, 0) is 19.3 Å². The minimum atomic E-state index is 0.315. The molecule has 0 radical (unpaired) electrons. The highest BCUT2D eigenvalue weighted by Gasteiger charge is 2.50. The minimum Gasteiger partial charge on any atom is -0.372 e. The molecule has 4 bridgehead atoms. The molecule has 7 atom stereocenters. The lowest BCUT2D eigenvalue weighted by molar-refractivity contribution is -0.0700. The number of hydrogen-bond donors (Lipinski definition) is 0. The second kappa shape index (κ2) is 3.67. The summed E-state index contributed by atoms with van der Waals surface area (Å²) in [6.07, 6.45) is 7.92. The molecule has 0 aromatic heterocycles. The number of epoxide rings is 1. The molecule has 4 heterocycles. The van der Waals surface area contributed by atoms with Crippen molar-refractivity contribution in [3.63, 3.8) is 0 Å². The van der Waals surface area contributed by atoms with Gasteiger partial charge >= 0.3 is 0 Å². The SMILES string of the molecule is Br[C@@H]1C[C@@H]2O[C@H]1C[C@H]1O[C@H]1C[C@H]1CC[C@@H]2O1. The van der Waals surface area contributed by atoms with Gasteiger partial charge in [-0.15, -0.1) is 0 Å². The fraction of sp³-hybridized carbons (Fsp3) is 1.00. The standard InChI is InChI=1S/C12H17BrO3/c13-7-4-11-8-2-1-6(14-8)3-10-12(16-10)5-9(7)15-11/h6-12H,1-5H2/t6-,7-,8+,9+,10+,11+,12-/m1/s1. The molecule has 0 unspecified atom stereocenters. The van der Waals surface area contributed by atoms with Crippen molar-refractivity contribution < 1.29 is 14.2 Å². The third-order valence-electron chi connectivity index (χ3n) is 4.41. The van der Waals surface area contributed by atoms with E-state index in [0.717, 1.165) is 19.3 Å². The Labute approximate surface area is 104 Å². The lowest BCUT2D eigenvalue weighted by Gasteiger charge is -2.21. The van der Waals surface area contributed by atoms with Crippen LogP contribution in [-0.4, -0.2) is 41.5 Å². The van der Waals surface area contributed by atoms with Crippen LogP contribution in [0.4, 0.5) is 0 Å². The van der Waals surface area contributed by atoms with Crippen molar-refractivity contribution in [3.8, 4) is 0 Å². The normalized spacial score (nSPS) is 59.4. The van der Waals surface area contributed by atoms with Crippen LogP contribution in [-0.2, 0) is 14.2 Å². The highest BCUT2D eigenvalue weighted by molar-refractivity contribution is 9.09. The monoisotopic (exact) mass is 288 g/mol. The van der Waals surface area contributed by atoms with Crippen molar-refractivity contribution in [2.75, 3.05) is 0 Å². The first-order chi connectivity index (χ1) is 7.79. The Morgan fingerprint density at radius 2 is 1.44 bits per heavy atom. The van der Waals surface area contributed by atoms with Crippen molar-refractivity contribution in [2.45, 2.75) is 73.6 Å². The lowest BCUT2D eigenvalue weighted by atomic mass is 10.0. The molecule has 0 N–H and O–H groups in total. The van der Waals surface area contributed by atoms with E-state index in [1.165, 1.54) is 12.8 Å². The average molecular weight is 289 g/mol. The molecule has 4 aliphatic rings. The van der Waals surface area contributed by atoms with E-state index in [2.05, 4.69) is 15.9 Å². The molecule has 0 aromatic carbocycles. The molecule has 0 saturated carbocycles. The Hall–Kier alpha value is 0.360. The van der Waals surface area contributed by atoms with E-state index in [9.17, 15) is 0 Å². The highest BCUT2D eigenvalue weighted by atomic mass is 79.9. The van der Waals surface area contributed by atoms with E-state index in [1.807, 2.05) is 0 Å². The largest absolute Gasteiger partial charge is 0.372 e. The lowest BCUT2D eigenvalue weighted by Crippen LogP contribution is -2.28. The third kappa shape index (κ3) is 1.65. The summed E-state index contributed by atoms with van der Waals surface area (Å²) in [5.74, 6) is 0. The van der Waals surface area contributed by atoms with Gasteiger partial charge in [-0.3, -0.25) is 0 Å². The Balaban J connectivity index is 1.58. The fourth-order valence-electron chi connectivity index (χ4n) is 3.44. The molecule has 4 aliphatic heterocycles. The Morgan fingerprint density at radius 1 is 0.688 bits per heavy atom. The highest BCUT2D eigenvalue weighted by Crippen LogP contribution is 2.43. The van der Waals surface area contributed by atoms with E-state index in [-0.39, 0.29) is 0 Å². The van der Waals surface area contributed by atoms with Gasteiger partial charge in [0.05, 0.1) is 36.6 Å². The Morgan fingerprint density at radius 3 is 2.38 bits per heavy atom. The van der Waals surface area contributed by atoms with Gasteiger partial charge in [-0.1, -0.05) is 15.9 Å². The van der Waals surface area contributed by atoms with Gasteiger partial charge in [0.15, 0.2) is 0 Å². The zero-order chi connectivity index (χ0) is 10.7. The Kier molecular flexibility index (Phi) is 2.36. The topological polar surface area (TPSA) is 31.0 Å². The maximum Gasteiger partial charge on any atom is 0.0868 e. The summed E-state index contributed by atoms with van der Waals surface area (Å²) in [5.41, 5.74) is 0. The second-order valence-electron chi connectivity index (χ2n) is 5.52. The molecule has 0 aromatic rings. The zero-order valence-corrected chi connectivity index (χ0v) is 10.8. The smallest absolute Gasteiger partial charge is 0.0868 e. The molecule has 16 heavy (non-hydrogen) atoms. The molecule has 0 aliphatic carbocycles. The number of hydrogen-bond acceptors (Lipinski definition) is 3. The first kappa shape index (κ1) is 10.3. The molecule has 4 saturated heterocycles. The summed E-state index contributed by atoms with van der Waals surface area (Å²) in [4.78, 5) is 0.489. The number of rotatable bonds is 0. The van der Waals surface area contributed by atoms with Crippen molar-refractivity contribution in [1.29, 1.82) is 0 Å². The van der Waals surface area contributed by atoms with Gasteiger partial charge < -0.3 is 14.2 Å². The number of alkyl halides is 1. The average Bonchev–Trinajstić information content (AvgIpc) is 2.66. The van der Waals surface area contributed by atoms with Crippen LogP contribution in [0.5, 0.6) is 0 Å². The van der Waals surface area contributed by atoms with E-state index in [4.69, 9.17) is 14.2 Å². The third-order valence-corrected chi connectivity index (χ3v) is 5.38. The number of fused-ring (bicyclic) bond motifs is 6. The molecule has 4 heteroatoms. The summed E-state index contributed by atoms with van der Waals surface area (Å²) >= 11 is 3.75. The first-order valence-electron chi connectivity index (χ1n) is 6.40. The number of ether oxygens (including phenoxy) is 3. The molecule has 90 valence electrons. The second-order valence-corrected chi connectivity index (χ2v) is 6.70. The molecular formula is C12H17BrO3.